The Morgan fingerprint density at radius 1 is 0.968 bits per heavy atom. The molecule has 0 aliphatic carbocycles. The van der Waals surface area contributed by atoms with Crippen molar-refractivity contribution in [1.29, 1.82) is 0 Å². The third-order valence-corrected chi connectivity index (χ3v) is 5.27. The van der Waals surface area contributed by atoms with Crippen LogP contribution in [0.4, 0.5) is 4.79 Å². The second kappa shape index (κ2) is 11.2. The van der Waals surface area contributed by atoms with Gasteiger partial charge in [-0.1, -0.05) is 42.5 Å². The molecule has 1 atom stereocenters. The van der Waals surface area contributed by atoms with Gasteiger partial charge in [-0.05, 0) is 69.7 Å². The van der Waals surface area contributed by atoms with Gasteiger partial charge in [0.25, 0.3) is 0 Å². The summed E-state index contributed by atoms with van der Waals surface area (Å²) in [4.78, 5) is 14.5. The highest BCUT2D eigenvalue weighted by molar-refractivity contribution is 5.69. The number of rotatable bonds is 8. The quantitative estimate of drug-likeness (QED) is 0.503. The lowest BCUT2D eigenvalue weighted by molar-refractivity contribution is 0.00951. The topological polar surface area (TPSA) is 48.0 Å². The number of benzene rings is 2. The maximum absolute atomic E-state index is 12.6. The average molecular weight is 426 g/mol. The van der Waals surface area contributed by atoms with Gasteiger partial charge in [-0.25, -0.2) is 4.79 Å². The summed E-state index contributed by atoms with van der Waals surface area (Å²) in [5.41, 5.74) is 1.92. The number of carbonyl (C=O) groups is 1. The summed E-state index contributed by atoms with van der Waals surface area (Å²) in [6.07, 6.45) is 3.76. The van der Waals surface area contributed by atoms with E-state index in [2.05, 4.69) is 24.3 Å². The molecule has 0 N–H and O–H groups in total. The van der Waals surface area contributed by atoms with E-state index in [1.807, 2.05) is 56.0 Å². The van der Waals surface area contributed by atoms with E-state index in [4.69, 9.17) is 14.2 Å². The number of carbonyl (C=O) groups excluding carboxylic acids is 1. The summed E-state index contributed by atoms with van der Waals surface area (Å²) >= 11 is 0. The second-order valence-corrected chi connectivity index (χ2v) is 8.95. The molecule has 1 fully saturated rings. The Labute approximate surface area is 186 Å². The molecule has 2 aromatic carbocycles. The van der Waals surface area contributed by atoms with Crippen LogP contribution in [-0.2, 0) is 15.9 Å². The molecular weight excluding hydrogens is 390 g/mol. The van der Waals surface area contributed by atoms with Crippen molar-refractivity contribution in [1.82, 2.24) is 4.90 Å². The third kappa shape index (κ3) is 7.59. The summed E-state index contributed by atoms with van der Waals surface area (Å²) in [5, 5.41) is 0. The zero-order chi connectivity index (χ0) is 22.1. The van der Waals surface area contributed by atoms with Crippen LogP contribution in [0.2, 0.25) is 0 Å². The Morgan fingerprint density at radius 2 is 1.71 bits per heavy atom. The zero-order valence-electron chi connectivity index (χ0n) is 19.0. The van der Waals surface area contributed by atoms with Crippen molar-refractivity contribution in [3.8, 4) is 5.75 Å². The van der Waals surface area contributed by atoms with Gasteiger partial charge in [0.15, 0.2) is 0 Å². The van der Waals surface area contributed by atoms with Crippen LogP contribution in [0.1, 0.15) is 57.2 Å². The standard InChI is InChI=1S/C26H35NO4/c1-26(2,3)31-25(28)27-17-8-7-11-24(27)22-12-14-23(15-13-22)30-20-19-29-18-16-21-9-5-4-6-10-21/h4-6,9-10,12-15,24H,7-8,11,16-20H2,1-3H3. The maximum Gasteiger partial charge on any atom is 0.410 e. The number of ether oxygens (including phenoxy) is 3. The predicted octanol–water partition coefficient (Wildman–Crippen LogP) is 5.79. The highest BCUT2D eigenvalue weighted by Crippen LogP contribution is 2.33. The number of hydrogen-bond acceptors (Lipinski definition) is 4. The molecule has 1 amide bonds. The normalized spacial score (nSPS) is 16.7. The monoisotopic (exact) mass is 425 g/mol. The van der Waals surface area contributed by atoms with Crippen LogP contribution in [-0.4, -0.2) is 43.0 Å². The SMILES string of the molecule is CC(C)(C)OC(=O)N1CCCCC1c1ccc(OCCOCCc2ccccc2)cc1. The number of likely N-dealkylation sites (tertiary alicyclic amines) is 1. The van der Waals surface area contributed by atoms with Gasteiger partial charge in [-0.2, -0.15) is 0 Å². The first-order valence-corrected chi connectivity index (χ1v) is 11.3. The second-order valence-electron chi connectivity index (χ2n) is 8.95. The fraction of sp³-hybridized carbons (Fsp3) is 0.500. The molecule has 1 unspecified atom stereocenters. The van der Waals surface area contributed by atoms with Crippen LogP contribution in [0.5, 0.6) is 5.75 Å². The van der Waals surface area contributed by atoms with E-state index in [0.29, 0.717) is 19.8 Å². The molecule has 1 heterocycles. The molecule has 3 rings (SSSR count). The number of piperidine rings is 1. The summed E-state index contributed by atoms with van der Waals surface area (Å²) in [7, 11) is 0. The van der Waals surface area contributed by atoms with Crippen LogP contribution in [0.15, 0.2) is 54.6 Å². The molecule has 1 saturated heterocycles. The van der Waals surface area contributed by atoms with E-state index >= 15 is 0 Å². The Bertz CT molecular complexity index is 798. The Morgan fingerprint density at radius 3 is 2.42 bits per heavy atom. The van der Waals surface area contributed by atoms with Gasteiger partial charge in [0.1, 0.15) is 18.0 Å². The molecule has 31 heavy (non-hydrogen) atoms. The van der Waals surface area contributed by atoms with Gasteiger partial charge >= 0.3 is 6.09 Å². The van der Waals surface area contributed by atoms with Gasteiger partial charge in [0.2, 0.25) is 0 Å². The van der Waals surface area contributed by atoms with Gasteiger partial charge in [-0.15, -0.1) is 0 Å². The minimum atomic E-state index is -0.486. The van der Waals surface area contributed by atoms with Crippen LogP contribution in [0.25, 0.3) is 0 Å². The number of hydrogen-bond donors (Lipinski definition) is 0. The highest BCUT2D eigenvalue weighted by Gasteiger charge is 2.31. The first-order chi connectivity index (χ1) is 14.9. The minimum Gasteiger partial charge on any atom is -0.491 e. The van der Waals surface area contributed by atoms with Crippen molar-refractivity contribution in [2.45, 2.75) is 58.1 Å². The predicted molar refractivity (Wildman–Crippen MR) is 122 cm³/mol. The van der Waals surface area contributed by atoms with E-state index in [0.717, 1.165) is 43.5 Å². The Kier molecular flexibility index (Phi) is 8.35. The van der Waals surface area contributed by atoms with Crippen molar-refractivity contribution in [2.75, 3.05) is 26.4 Å². The van der Waals surface area contributed by atoms with Crippen LogP contribution in [0, 0.1) is 0 Å². The smallest absolute Gasteiger partial charge is 0.410 e. The minimum absolute atomic E-state index is 0.0546. The van der Waals surface area contributed by atoms with Crippen molar-refractivity contribution >= 4 is 6.09 Å². The fourth-order valence-electron chi connectivity index (χ4n) is 3.76. The van der Waals surface area contributed by atoms with Gasteiger partial charge in [-0.3, -0.25) is 0 Å². The average Bonchev–Trinajstić information content (AvgIpc) is 2.76. The highest BCUT2D eigenvalue weighted by atomic mass is 16.6. The van der Waals surface area contributed by atoms with Crippen molar-refractivity contribution < 1.29 is 19.0 Å². The first-order valence-electron chi connectivity index (χ1n) is 11.3. The summed E-state index contributed by atoms with van der Waals surface area (Å²) in [5.74, 6) is 0.815. The van der Waals surface area contributed by atoms with Crippen molar-refractivity contribution in [3.63, 3.8) is 0 Å². The van der Waals surface area contributed by atoms with E-state index in [1.165, 1.54) is 5.56 Å². The zero-order valence-corrected chi connectivity index (χ0v) is 19.0. The van der Waals surface area contributed by atoms with Gasteiger partial charge < -0.3 is 19.1 Å². The molecule has 5 nitrogen and oxygen atoms in total. The fourth-order valence-corrected chi connectivity index (χ4v) is 3.76. The molecule has 0 aromatic heterocycles. The van der Waals surface area contributed by atoms with Crippen molar-refractivity contribution in [3.05, 3.63) is 65.7 Å². The third-order valence-electron chi connectivity index (χ3n) is 5.27. The molecule has 2 aromatic rings. The Hall–Kier alpha value is -2.53. The summed E-state index contributed by atoms with van der Waals surface area (Å²) < 4.78 is 17.1. The lowest BCUT2D eigenvalue weighted by Gasteiger charge is -2.37. The number of amides is 1. The molecule has 0 saturated carbocycles. The van der Waals surface area contributed by atoms with Gasteiger partial charge in [0.05, 0.1) is 19.3 Å². The molecule has 168 valence electrons. The van der Waals surface area contributed by atoms with E-state index in [1.54, 1.807) is 0 Å². The van der Waals surface area contributed by atoms with Crippen molar-refractivity contribution in [2.24, 2.45) is 0 Å². The molecule has 1 aliphatic heterocycles. The van der Waals surface area contributed by atoms with E-state index in [-0.39, 0.29) is 12.1 Å². The first kappa shape index (κ1) is 23.1. The summed E-state index contributed by atoms with van der Waals surface area (Å²) in [6.45, 7) is 8.21. The Balaban J connectivity index is 1.44. The molecule has 0 bridgehead atoms. The van der Waals surface area contributed by atoms with Gasteiger partial charge in [0, 0.05) is 6.54 Å². The largest absolute Gasteiger partial charge is 0.491 e. The maximum atomic E-state index is 12.6. The van der Waals surface area contributed by atoms with Crippen LogP contribution >= 0.6 is 0 Å². The van der Waals surface area contributed by atoms with Crippen LogP contribution < -0.4 is 4.74 Å². The number of nitrogens with zero attached hydrogens (tertiary/aromatic N) is 1. The van der Waals surface area contributed by atoms with Crippen LogP contribution in [0.3, 0.4) is 0 Å². The summed E-state index contributed by atoms with van der Waals surface area (Å²) in [6, 6.07) is 18.4. The molecular formula is C26H35NO4. The molecule has 0 radical (unpaired) electrons. The van der Waals surface area contributed by atoms with E-state index in [9.17, 15) is 4.79 Å². The lowest BCUT2D eigenvalue weighted by Crippen LogP contribution is -2.41. The molecule has 1 aliphatic rings. The molecule has 0 spiro atoms. The molecule has 5 heteroatoms. The lowest BCUT2D eigenvalue weighted by atomic mass is 9.95. The van der Waals surface area contributed by atoms with E-state index < -0.39 is 5.60 Å².